The first-order chi connectivity index (χ1) is 7.53. The topological polar surface area (TPSA) is 38.3 Å². The minimum absolute atomic E-state index is 0.0499. The van der Waals surface area contributed by atoms with E-state index in [-0.39, 0.29) is 17.6 Å². The van der Waals surface area contributed by atoms with Crippen LogP contribution in [0.4, 0.5) is 0 Å². The molecule has 2 unspecified atom stereocenters. The van der Waals surface area contributed by atoms with Crippen molar-refractivity contribution in [1.82, 2.24) is 5.32 Å². The number of rotatable bonds is 4. The van der Waals surface area contributed by atoms with Gasteiger partial charge >= 0.3 is 0 Å². The lowest BCUT2D eigenvalue weighted by atomic mass is 9.86. The van der Waals surface area contributed by atoms with Gasteiger partial charge in [-0.15, -0.1) is 11.6 Å². The summed E-state index contributed by atoms with van der Waals surface area (Å²) in [4.78, 5) is 11.5. The van der Waals surface area contributed by atoms with E-state index in [9.17, 15) is 4.79 Å². The number of nitrogens with one attached hydrogen (secondary N) is 1. The summed E-state index contributed by atoms with van der Waals surface area (Å²) in [5.74, 6) is -0.0744. The van der Waals surface area contributed by atoms with E-state index >= 15 is 0 Å². The average molecular weight is 248 g/mol. The fourth-order valence-corrected chi connectivity index (χ4v) is 2.27. The van der Waals surface area contributed by atoms with Crippen LogP contribution in [0.25, 0.3) is 0 Å². The maximum atomic E-state index is 11.5. The highest BCUT2D eigenvalue weighted by Crippen LogP contribution is 2.31. The van der Waals surface area contributed by atoms with Gasteiger partial charge in [-0.3, -0.25) is 4.79 Å². The molecule has 2 atom stereocenters. The summed E-state index contributed by atoms with van der Waals surface area (Å²) in [6.07, 6.45) is 3.77. The van der Waals surface area contributed by atoms with E-state index in [1.165, 1.54) is 0 Å². The van der Waals surface area contributed by atoms with Crippen molar-refractivity contribution in [3.05, 3.63) is 0 Å². The second kappa shape index (κ2) is 5.87. The molecule has 0 spiro atoms. The Morgan fingerprint density at radius 1 is 1.56 bits per heavy atom. The molecule has 0 aliphatic carbocycles. The summed E-state index contributed by atoms with van der Waals surface area (Å²) in [6.45, 7) is 6.70. The van der Waals surface area contributed by atoms with Crippen molar-refractivity contribution in [2.75, 3.05) is 6.61 Å². The van der Waals surface area contributed by atoms with Gasteiger partial charge in [0.2, 0.25) is 5.91 Å². The highest BCUT2D eigenvalue weighted by atomic mass is 35.5. The molecule has 0 aromatic carbocycles. The van der Waals surface area contributed by atoms with Crippen LogP contribution in [-0.4, -0.2) is 29.5 Å². The Bertz CT molecular complexity index is 239. The third kappa shape index (κ3) is 3.36. The summed E-state index contributed by atoms with van der Waals surface area (Å²) in [5, 5.41) is 2.53. The molecule has 0 bridgehead atoms. The summed E-state index contributed by atoms with van der Waals surface area (Å²) in [5.41, 5.74) is -0.0499. The lowest BCUT2D eigenvalue weighted by Crippen LogP contribution is -2.49. The summed E-state index contributed by atoms with van der Waals surface area (Å²) in [6, 6.07) is 0.211. The normalized spacial score (nSPS) is 26.1. The fraction of sp³-hybridized carbons (Fsp3) is 0.917. The molecule has 1 aliphatic heterocycles. The van der Waals surface area contributed by atoms with Gasteiger partial charge in [-0.2, -0.15) is 0 Å². The molecule has 1 amide bonds. The largest absolute Gasteiger partial charge is 0.375 e. The van der Waals surface area contributed by atoms with E-state index < -0.39 is 5.38 Å². The Labute approximate surface area is 103 Å². The monoisotopic (exact) mass is 247 g/mol. The van der Waals surface area contributed by atoms with E-state index in [4.69, 9.17) is 16.3 Å². The van der Waals surface area contributed by atoms with Gasteiger partial charge in [0.05, 0.1) is 5.60 Å². The molecule has 0 radical (unpaired) electrons. The minimum Gasteiger partial charge on any atom is -0.375 e. The lowest BCUT2D eigenvalue weighted by Gasteiger charge is -2.40. The molecular weight excluding hydrogens is 226 g/mol. The van der Waals surface area contributed by atoms with Crippen molar-refractivity contribution in [1.29, 1.82) is 0 Å². The average Bonchev–Trinajstić information content (AvgIpc) is 2.29. The van der Waals surface area contributed by atoms with Crippen molar-refractivity contribution in [3.63, 3.8) is 0 Å². The van der Waals surface area contributed by atoms with Crippen LogP contribution in [0.2, 0.25) is 0 Å². The SMILES string of the molecule is CCC1(CC)CC(NC(=O)C(C)Cl)CCO1. The molecule has 1 rings (SSSR count). The van der Waals surface area contributed by atoms with Crippen LogP contribution >= 0.6 is 11.6 Å². The first-order valence-corrected chi connectivity index (χ1v) is 6.55. The van der Waals surface area contributed by atoms with Crippen LogP contribution in [0, 0.1) is 0 Å². The predicted octanol–water partition coefficient (Wildman–Crippen LogP) is 2.47. The van der Waals surface area contributed by atoms with Gasteiger partial charge in [0.15, 0.2) is 0 Å². The Balaban J connectivity index is 2.53. The number of hydrogen-bond acceptors (Lipinski definition) is 2. The molecule has 1 saturated heterocycles. The second-order valence-electron chi connectivity index (χ2n) is 4.55. The van der Waals surface area contributed by atoms with Crippen LogP contribution in [-0.2, 0) is 9.53 Å². The fourth-order valence-electron chi connectivity index (χ4n) is 2.21. The van der Waals surface area contributed by atoms with E-state index in [0.717, 1.165) is 32.3 Å². The van der Waals surface area contributed by atoms with Gasteiger partial charge in [0.1, 0.15) is 5.38 Å². The molecule has 4 heteroatoms. The molecule has 0 aromatic rings. The van der Waals surface area contributed by atoms with Crippen LogP contribution in [0.3, 0.4) is 0 Å². The Hall–Kier alpha value is -0.280. The molecule has 3 nitrogen and oxygen atoms in total. The molecule has 0 aromatic heterocycles. The van der Waals surface area contributed by atoms with Crippen LogP contribution in [0.1, 0.15) is 46.5 Å². The summed E-state index contributed by atoms with van der Waals surface area (Å²) in [7, 11) is 0. The van der Waals surface area contributed by atoms with E-state index in [1.807, 2.05) is 0 Å². The molecule has 1 aliphatic rings. The number of alkyl halides is 1. The minimum atomic E-state index is -0.458. The zero-order valence-electron chi connectivity index (χ0n) is 10.4. The molecule has 16 heavy (non-hydrogen) atoms. The molecule has 1 fully saturated rings. The Morgan fingerprint density at radius 3 is 2.69 bits per heavy atom. The number of carbonyl (C=O) groups is 1. The number of carbonyl (C=O) groups excluding carboxylic acids is 1. The molecule has 0 saturated carbocycles. The lowest BCUT2D eigenvalue weighted by molar-refractivity contribution is -0.125. The van der Waals surface area contributed by atoms with Crippen molar-refractivity contribution in [2.24, 2.45) is 0 Å². The number of amides is 1. The van der Waals surface area contributed by atoms with Crippen LogP contribution in [0.15, 0.2) is 0 Å². The van der Waals surface area contributed by atoms with Gasteiger partial charge in [-0.05, 0) is 32.6 Å². The molecule has 94 valence electrons. The second-order valence-corrected chi connectivity index (χ2v) is 5.21. The van der Waals surface area contributed by atoms with Crippen LogP contribution in [0.5, 0.6) is 0 Å². The zero-order chi connectivity index (χ0) is 12.2. The number of ether oxygens (including phenoxy) is 1. The van der Waals surface area contributed by atoms with Gasteiger partial charge in [-0.1, -0.05) is 13.8 Å². The highest BCUT2D eigenvalue weighted by Gasteiger charge is 2.35. The molecule has 1 heterocycles. The first kappa shape index (κ1) is 13.8. The zero-order valence-corrected chi connectivity index (χ0v) is 11.1. The van der Waals surface area contributed by atoms with Crippen molar-refractivity contribution >= 4 is 17.5 Å². The van der Waals surface area contributed by atoms with E-state index in [0.29, 0.717) is 0 Å². The highest BCUT2D eigenvalue weighted by molar-refractivity contribution is 6.30. The maximum Gasteiger partial charge on any atom is 0.237 e. The van der Waals surface area contributed by atoms with Crippen molar-refractivity contribution in [3.8, 4) is 0 Å². The predicted molar refractivity (Wildman–Crippen MR) is 65.7 cm³/mol. The van der Waals surface area contributed by atoms with Crippen molar-refractivity contribution < 1.29 is 9.53 Å². The molecular formula is C12H22ClNO2. The summed E-state index contributed by atoms with van der Waals surface area (Å²) >= 11 is 5.74. The maximum absolute atomic E-state index is 11.5. The Kier molecular flexibility index (Phi) is 5.06. The number of halogens is 1. The van der Waals surface area contributed by atoms with Gasteiger partial charge in [0.25, 0.3) is 0 Å². The van der Waals surface area contributed by atoms with Crippen LogP contribution < -0.4 is 5.32 Å². The third-order valence-corrected chi connectivity index (χ3v) is 3.69. The summed E-state index contributed by atoms with van der Waals surface area (Å²) < 4.78 is 5.85. The third-order valence-electron chi connectivity index (χ3n) is 3.49. The smallest absolute Gasteiger partial charge is 0.237 e. The van der Waals surface area contributed by atoms with E-state index in [1.54, 1.807) is 6.92 Å². The number of hydrogen-bond donors (Lipinski definition) is 1. The standard InChI is InChI=1S/C12H22ClNO2/c1-4-12(5-2)8-10(6-7-16-12)14-11(15)9(3)13/h9-10H,4-8H2,1-3H3,(H,14,15). The van der Waals surface area contributed by atoms with Crippen molar-refractivity contribution in [2.45, 2.75) is 63.5 Å². The Morgan fingerprint density at radius 2 is 2.19 bits per heavy atom. The van der Waals surface area contributed by atoms with E-state index in [2.05, 4.69) is 19.2 Å². The molecule has 1 N–H and O–H groups in total. The van der Waals surface area contributed by atoms with Gasteiger partial charge in [0, 0.05) is 12.6 Å². The first-order valence-electron chi connectivity index (χ1n) is 6.11. The van der Waals surface area contributed by atoms with Gasteiger partial charge in [-0.25, -0.2) is 0 Å². The quantitative estimate of drug-likeness (QED) is 0.775. The van der Waals surface area contributed by atoms with Gasteiger partial charge < -0.3 is 10.1 Å².